The first-order valence-electron chi connectivity index (χ1n) is 13.7. The van der Waals surface area contributed by atoms with Crippen molar-refractivity contribution in [1.82, 2.24) is 0 Å². The van der Waals surface area contributed by atoms with Crippen LogP contribution >= 0.6 is 0 Å². The molecule has 0 heterocycles. The van der Waals surface area contributed by atoms with E-state index in [9.17, 15) is 24.6 Å². The van der Waals surface area contributed by atoms with Gasteiger partial charge in [0.15, 0.2) is 18.1 Å². The number of halogens is 1. The lowest BCUT2D eigenvalue weighted by Gasteiger charge is -2.62. The van der Waals surface area contributed by atoms with Gasteiger partial charge >= 0.3 is 5.97 Å². The third-order valence-corrected chi connectivity index (χ3v) is 10.2. The maximum atomic E-state index is 17.2. The Morgan fingerprint density at radius 1 is 1.24 bits per heavy atom. The van der Waals surface area contributed by atoms with Gasteiger partial charge in [-0.05, 0) is 75.9 Å². The minimum atomic E-state index is -2.02. The lowest BCUT2D eigenvalue weighted by Crippen LogP contribution is -2.69. The number of aliphatic hydroxyl groups excluding tert-OH is 1. The number of alkyl halides is 1. The van der Waals surface area contributed by atoms with Crippen molar-refractivity contribution in [2.24, 2.45) is 28.6 Å². The van der Waals surface area contributed by atoms with E-state index in [1.807, 2.05) is 19.1 Å². The zero-order valence-corrected chi connectivity index (χ0v) is 22.5. The van der Waals surface area contributed by atoms with Gasteiger partial charge in [-0.3, -0.25) is 14.4 Å². The number of hydrogen-bond acceptors (Lipinski definition) is 6. The molecule has 0 radical (unpaired) electrons. The van der Waals surface area contributed by atoms with Crippen molar-refractivity contribution in [2.45, 2.75) is 96.4 Å². The average molecular weight is 517 g/mol. The number of carbonyl (C=O) groups is 3. The highest BCUT2D eigenvalue weighted by Gasteiger charge is 2.75. The second-order valence-corrected chi connectivity index (χ2v) is 12.0. The van der Waals surface area contributed by atoms with Crippen molar-refractivity contribution in [3.8, 4) is 0 Å². The molecule has 0 aromatic carbocycles. The highest BCUT2D eigenvalue weighted by Crippen LogP contribution is 2.70. The number of aliphatic hydroxyl groups is 2. The Bertz CT molecular complexity index is 1050. The van der Waals surface area contributed by atoms with Crippen molar-refractivity contribution < 1.29 is 33.7 Å². The van der Waals surface area contributed by atoms with Gasteiger partial charge in [-0.15, -0.1) is 0 Å². The fourth-order valence-corrected chi connectivity index (χ4v) is 8.12. The van der Waals surface area contributed by atoms with Crippen LogP contribution in [-0.2, 0) is 19.1 Å². The Hall–Kier alpha value is -2.12. The predicted octanol–water partition coefficient (Wildman–Crippen LogP) is 4.58. The Labute approximate surface area is 219 Å². The third kappa shape index (κ3) is 4.08. The zero-order chi connectivity index (χ0) is 27.2. The van der Waals surface area contributed by atoms with Gasteiger partial charge in [-0.2, -0.15) is 0 Å². The molecular formula is C30H41FO6. The number of ketones is 2. The number of Topliss-reactive ketones (excluding diaryl/α,β-unsaturated/α-hetero) is 1. The molecule has 0 bridgehead atoms. The lowest BCUT2D eigenvalue weighted by atomic mass is 9.44. The molecule has 3 fully saturated rings. The molecule has 6 nitrogen and oxygen atoms in total. The van der Waals surface area contributed by atoms with Gasteiger partial charge in [-0.1, -0.05) is 44.6 Å². The van der Waals surface area contributed by atoms with E-state index in [-0.39, 0.29) is 24.5 Å². The standard InChI is InChI=1S/C30H41FO6/c1-5-6-7-8-9-10-26(35)37-18-25(34)30(36)19(2)15-23-22-12-11-20-16-21(32)13-14-27(20,3)29(22,31)24(33)17-28(23,30)4/h6-7,13-14,16,19,22-24,33,36H,5,8-12,15,17-18H2,1-4H3/b7-6-/t19-,22+,23+,24+,27+,28+,29+,30+/m1/s1. The van der Waals surface area contributed by atoms with E-state index in [0.29, 0.717) is 31.3 Å². The predicted molar refractivity (Wildman–Crippen MR) is 137 cm³/mol. The summed E-state index contributed by atoms with van der Waals surface area (Å²) in [5.74, 6) is -2.69. The van der Waals surface area contributed by atoms with Crippen LogP contribution in [0.4, 0.5) is 4.39 Å². The van der Waals surface area contributed by atoms with Crippen LogP contribution in [0.5, 0.6) is 0 Å². The van der Waals surface area contributed by atoms with Gasteiger partial charge in [0, 0.05) is 23.2 Å². The molecule has 0 unspecified atom stereocenters. The molecule has 4 aliphatic carbocycles. The first kappa shape index (κ1) is 27.9. The lowest BCUT2D eigenvalue weighted by molar-refractivity contribution is -0.220. The fourth-order valence-electron chi connectivity index (χ4n) is 8.12. The van der Waals surface area contributed by atoms with Crippen LogP contribution < -0.4 is 0 Å². The van der Waals surface area contributed by atoms with E-state index in [1.54, 1.807) is 26.8 Å². The molecule has 0 aliphatic heterocycles. The molecule has 0 amide bonds. The van der Waals surface area contributed by atoms with E-state index in [2.05, 4.69) is 0 Å². The Morgan fingerprint density at radius 2 is 1.97 bits per heavy atom. The molecule has 8 atom stereocenters. The highest BCUT2D eigenvalue weighted by molar-refractivity contribution is 6.01. The van der Waals surface area contributed by atoms with E-state index < -0.39 is 58.4 Å². The number of hydrogen-bond donors (Lipinski definition) is 2. The van der Waals surface area contributed by atoms with Crippen LogP contribution in [0, 0.1) is 28.6 Å². The van der Waals surface area contributed by atoms with Gasteiger partial charge in [0.25, 0.3) is 0 Å². The summed E-state index contributed by atoms with van der Waals surface area (Å²) in [5.41, 5.74) is -5.38. The molecule has 37 heavy (non-hydrogen) atoms. The average Bonchev–Trinajstić information content (AvgIpc) is 3.05. The molecule has 4 rings (SSSR count). The summed E-state index contributed by atoms with van der Waals surface area (Å²) < 4.78 is 22.5. The van der Waals surface area contributed by atoms with Gasteiger partial charge in [-0.25, -0.2) is 4.39 Å². The first-order chi connectivity index (χ1) is 17.4. The Morgan fingerprint density at radius 3 is 2.68 bits per heavy atom. The minimum Gasteiger partial charge on any atom is -0.458 e. The monoisotopic (exact) mass is 516 g/mol. The summed E-state index contributed by atoms with van der Waals surface area (Å²) >= 11 is 0. The second kappa shape index (κ2) is 9.88. The maximum absolute atomic E-state index is 17.2. The number of carbonyl (C=O) groups excluding carboxylic acids is 3. The summed E-state index contributed by atoms with van der Waals surface area (Å²) in [6.07, 6.45) is 10.8. The summed E-state index contributed by atoms with van der Waals surface area (Å²) in [6, 6.07) is 0. The molecule has 0 aromatic heterocycles. The van der Waals surface area contributed by atoms with Crippen LogP contribution in [0.25, 0.3) is 0 Å². The van der Waals surface area contributed by atoms with Gasteiger partial charge in [0.2, 0.25) is 5.78 Å². The molecule has 204 valence electrons. The van der Waals surface area contributed by atoms with Crippen LogP contribution in [0.3, 0.4) is 0 Å². The van der Waals surface area contributed by atoms with Gasteiger partial charge in [0.1, 0.15) is 5.60 Å². The first-order valence-corrected chi connectivity index (χ1v) is 13.7. The molecule has 4 aliphatic rings. The Kier molecular flexibility index (Phi) is 7.45. The largest absolute Gasteiger partial charge is 0.458 e. The smallest absolute Gasteiger partial charge is 0.306 e. The van der Waals surface area contributed by atoms with E-state index in [0.717, 1.165) is 12.8 Å². The number of fused-ring (bicyclic) bond motifs is 5. The van der Waals surface area contributed by atoms with E-state index in [1.165, 1.54) is 12.2 Å². The molecule has 0 aromatic rings. The molecule has 2 N–H and O–H groups in total. The second-order valence-electron chi connectivity index (χ2n) is 12.0. The fraction of sp³-hybridized carbons (Fsp3) is 0.700. The van der Waals surface area contributed by atoms with Crippen LogP contribution in [-0.4, -0.2) is 51.7 Å². The van der Waals surface area contributed by atoms with Crippen molar-refractivity contribution in [1.29, 1.82) is 0 Å². The molecule has 7 heteroatoms. The van der Waals surface area contributed by atoms with E-state index >= 15 is 4.39 Å². The molecule has 3 saturated carbocycles. The number of allylic oxidation sites excluding steroid dienone is 6. The maximum Gasteiger partial charge on any atom is 0.306 e. The SMILES string of the molecule is CC/C=C\CCCC(=O)OCC(=O)[C@@]1(O)[C@H](C)C[C@H]2[C@@H]3CCC4=CC(=O)C=C[C@]4(C)[C@@]3(F)[C@@H](O)C[C@@]21C. The van der Waals surface area contributed by atoms with Crippen molar-refractivity contribution in [3.63, 3.8) is 0 Å². The van der Waals surface area contributed by atoms with Crippen molar-refractivity contribution in [2.75, 3.05) is 6.61 Å². The van der Waals surface area contributed by atoms with Gasteiger partial charge in [0.05, 0.1) is 6.10 Å². The summed E-state index contributed by atoms with van der Waals surface area (Å²) in [5, 5.41) is 23.3. The summed E-state index contributed by atoms with van der Waals surface area (Å²) in [6.45, 7) is 6.80. The van der Waals surface area contributed by atoms with Crippen LogP contribution in [0.1, 0.15) is 79.1 Å². The third-order valence-electron chi connectivity index (χ3n) is 10.2. The Balaban J connectivity index is 1.54. The van der Waals surface area contributed by atoms with Crippen molar-refractivity contribution in [3.05, 3.63) is 36.0 Å². The zero-order valence-electron chi connectivity index (χ0n) is 22.5. The van der Waals surface area contributed by atoms with Gasteiger partial charge < -0.3 is 14.9 Å². The molecular weight excluding hydrogens is 475 g/mol. The number of rotatable bonds is 8. The van der Waals surface area contributed by atoms with E-state index in [4.69, 9.17) is 4.74 Å². The van der Waals surface area contributed by atoms with Crippen LogP contribution in [0.15, 0.2) is 36.0 Å². The minimum absolute atomic E-state index is 0.0976. The molecule has 0 spiro atoms. The quantitative estimate of drug-likeness (QED) is 0.278. The van der Waals surface area contributed by atoms with Crippen LogP contribution in [0.2, 0.25) is 0 Å². The highest BCUT2D eigenvalue weighted by atomic mass is 19.1. The topological polar surface area (TPSA) is 101 Å². The van der Waals surface area contributed by atoms with Crippen molar-refractivity contribution >= 4 is 17.5 Å². The summed E-state index contributed by atoms with van der Waals surface area (Å²) in [7, 11) is 0. The normalized spacial score (nSPS) is 42.7. The summed E-state index contributed by atoms with van der Waals surface area (Å²) in [4.78, 5) is 37.7. The number of unbranched alkanes of at least 4 members (excludes halogenated alkanes) is 1. The number of esters is 1. The number of ether oxygens (including phenoxy) is 1. The molecule has 0 saturated heterocycles.